The first kappa shape index (κ1) is 14.8. The highest BCUT2D eigenvalue weighted by molar-refractivity contribution is 6.42. The Morgan fingerprint density at radius 1 is 1.18 bits per heavy atom. The molecule has 1 rings (SSSR count). The van der Waals surface area contributed by atoms with Crippen molar-refractivity contribution in [3.8, 4) is 0 Å². The Bertz CT molecular complexity index is 352. The molecule has 2 unspecified atom stereocenters. The van der Waals surface area contributed by atoms with E-state index in [0.717, 1.165) is 31.2 Å². The van der Waals surface area contributed by atoms with Gasteiger partial charge in [-0.15, -0.1) is 0 Å². The van der Waals surface area contributed by atoms with Gasteiger partial charge < -0.3 is 5.11 Å². The largest absolute Gasteiger partial charge is 0.388 e. The maximum absolute atomic E-state index is 10.3. The van der Waals surface area contributed by atoms with Crippen molar-refractivity contribution < 1.29 is 5.11 Å². The highest BCUT2D eigenvalue weighted by atomic mass is 35.5. The van der Waals surface area contributed by atoms with Gasteiger partial charge in [-0.1, -0.05) is 62.4 Å². The Morgan fingerprint density at radius 2 is 1.88 bits per heavy atom. The normalized spacial score (nSPS) is 14.6. The summed E-state index contributed by atoms with van der Waals surface area (Å²) >= 11 is 11.8. The fourth-order valence-corrected chi connectivity index (χ4v) is 2.33. The molecular formula is C14H20Cl2O. The van der Waals surface area contributed by atoms with Crippen molar-refractivity contribution in [2.24, 2.45) is 5.92 Å². The zero-order valence-corrected chi connectivity index (χ0v) is 11.9. The molecule has 0 radical (unpaired) electrons. The molecule has 0 aliphatic rings. The number of aliphatic hydroxyl groups excluding tert-OH is 1. The minimum atomic E-state index is -0.443. The number of unbranched alkanes of at least 4 members (excludes halogenated alkanes) is 1. The van der Waals surface area contributed by atoms with E-state index in [1.165, 1.54) is 0 Å². The molecule has 96 valence electrons. The molecule has 2 atom stereocenters. The van der Waals surface area contributed by atoms with Gasteiger partial charge in [-0.25, -0.2) is 0 Å². The maximum atomic E-state index is 10.3. The van der Waals surface area contributed by atoms with E-state index in [-0.39, 0.29) is 0 Å². The first-order valence-electron chi connectivity index (χ1n) is 6.23. The van der Waals surface area contributed by atoms with Crippen LogP contribution >= 0.6 is 23.2 Å². The topological polar surface area (TPSA) is 20.2 Å². The third-order valence-corrected chi connectivity index (χ3v) is 3.92. The Hall–Kier alpha value is -0.240. The molecule has 0 spiro atoms. The monoisotopic (exact) mass is 274 g/mol. The first-order valence-corrected chi connectivity index (χ1v) is 6.98. The van der Waals surface area contributed by atoms with Gasteiger partial charge in [0.1, 0.15) is 0 Å². The Labute approximate surface area is 114 Å². The lowest BCUT2D eigenvalue weighted by molar-refractivity contribution is 0.0989. The quantitative estimate of drug-likeness (QED) is 0.752. The Morgan fingerprint density at radius 3 is 2.41 bits per heavy atom. The second-order valence-electron chi connectivity index (χ2n) is 4.43. The van der Waals surface area contributed by atoms with Crippen molar-refractivity contribution in [1.82, 2.24) is 0 Å². The second kappa shape index (κ2) is 7.25. The lowest BCUT2D eigenvalue weighted by Crippen LogP contribution is -2.12. The molecule has 1 N–H and O–H groups in total. The van der Waals surface area contributed by atoms with E-state index in [0.29, 0.717) is 16.0 Å². The standard InChI is InChI=1S/C14H20Cl2O/c1-3-5-6-10(4-2)14(17)11-7-8-12(15)13(16)9-11/h7-10,14,17H,3-6H2,1-2H3. The molecule has 0 fully saturated rings. The van der Waals surface area contributed by atoms with Crippen molar-refractivity contribution in [3.63, 3.8) is 0 Å². The van der Waals surface area contributed by atoms with Gasteiger partial charge in [0.25, 0.3) is 0 Å². The average Bonchev–Trinajstić information content (AvgIpc) is 2.33. The molecule has 0 amide bonds. The average molecular weight is 275 g/mol. The van der Waals surface area contributed by atoms with Gasteiger partial charge in [0.05, 0.1) is 16.1 Å². The third-order valence-electron chi connectivity index (χ3n) is 3.18. The van der Waals surface area contributed by atoms with Gasteiger partial charge in [0, 0.05) is 0 Å². The van der Waals surface area contributed by atoms with E-state index in [1.807, 2.05) is 6.07 Å². The predicted octanol–water partition coefficient (Wildman–Crippen LogP) is 5.24. The minimum Gasteiger partial charge on any atom is -0.388 e. The SMILES string of the molecule is CCCCC(CC)C(O)c1ccc(Cl)c(Cl)c1. The molecule has 0 aliphatic heterocycles. The van der Waals surface area contributed by atoms with E-state index >= 15 is 0 Å². The van der Waals surface area contributed by atoms with E-state index in [4.69, 9.17) is 23.2 Å². The van der Waals surface area contributed by atoms with Crippen LogP contribution in [0.5, 0.6) is 0 Å². The lowest BCUT2D eigenvalue weighted by atomic mass is 9.89. The van der Waals surface area contributed by atoms with Gasteiger partial charge in [0.15, 0.2) is 0 Å². The number of hydrogen-bond acceptors (Lipinski definition) is 1. The summed E-state index contributed by atoms with van der Waals surface area (Å²) in [5, 5.41) is 11.4. The van der Waals surface area contributed by atoms with Crippen LogP contribution in [-0.4, -0.2) is 5.11 Å². The van der Waals surface area contributed by atoms with Gasteiger partial charge in [-0.05, 0) is 30.0 Å². The molecule has 0 heterocycles. The Balaban J connectivity index is 2.78. The summed E-state index contributed by atoms with van der Waals surface area (Å²) in [4.78, 5) is 0. The second-order valence-corrected chi connectivity index (χ2v) is 5.24. The van der Waals surface area contributed by atoms with Crippen molar-refractivity contribution in [3.05, 3.63) is 33.8 Å². The molecule has 1 aromatic rings. The molecule has 0 aliphatic carbocycles. The number of benzene rings is 1. The number of halogens is 2. The van der Waals surface area contributed by atoms with Crippen LogP contribution in [0.15, 0.2) is 18.2 Å². The summed E-state index contributed by atoms with van der Waals surface area (Å²) in [7, 11) is 0. The van der Waals surface area contributed by atoms with Crippen molar-refractivity contribution in [1.29, 1.82) is 0 Å². The van der Waals surface area contributed by atoms with Crippen LogP contribution < -0.4 is 0 Å². The van der Waals surface area contributed by atoms with Gasteiger partial charge in [-0.3, -0.25) is 0 Å². The number of hydrogen-bond donors (Lipinski definition) is 1. The summed E-state index contributed by atoms with van der Waals surface area (Å²) in [6.45, 7) is 4.28. The van der Waals surface area contributed by atoms with E-state index in [1.54, 1.807) is 12.1 Å². The number of rotatable bonds is 6. The van der Waals surface area contributed by atoms with Crippen molar-refractivity contribution in [2.45, 2.75) is 45.6 Å². The van der Waals surface area contributed by atoms with Gasteiger partial charge >= 0.3 is 0 Å². The molecule has 0 aromatic heterocycles. The molecular weight excluding hydrogens is 255 g/mol. The highest BCUT2D eigenvalue weighted by Crippen LogP contribution is 2.32. The molecule has 0 saturated carbocycles. The van der Waals surface area contributed by atoms with Crippen LogP contribution in [0.1, 0.15) is 51.2 Å². The van der Waals surface area contributed by atoms with Crippen molar-refractivity contribution in [2.75, 3.05) is 0 Å². The summed E-state index contributed by atoms with van der Waals surface area (Å²) in [5.41, 5.74) is 0.863. The maximum Gasteiger partial charge on any atom is 0.0818 e. The predicted molar refractivity (Wildman–Crippen MR) is 74.7 cm³/mol. The summed E-state index contributed by atoms with van der Waals surface area (Å²) in [6.07, 6.45) is 3.89. The smallest absolute Gasteiger partial charge is 0.0818 e. The van der Waals surface area contributed by atoms with Gasteiger partial charge in [-0.2, -0.15) is 0 Å². The Kier molecular flexibility index (Phi) is 6.32. The zero-order valence-electron chi connectivity index (χ0n) is 10.4. The molecule has 17 heavy (non-hydrogen) atoms. The molecule has 3 heteroatoms. The zero-order chi connectivity index (χ0) is 12.8. The summed E-state index contributed by atoms with van der Waals surface area (Å²) < 4.78 is 0. The van der Waals surface area contributed by atoms with Crippen LogP contribution in [0, 0.1) is 5.92 Å². The molecule has 1 nitrogen and oxygen atoms in total. The molecule has 0 bridgehead atoms. The fraction of sp³-hybridized carbons (Fsp3) is 0.571. The van der Waals surface area contributed by atoms with Crippen LogP contribution in [0.25, 0.3) is 0 Å². The van der Waals surface area contributed by atoms with E-state index in [9.17, 15) is 5.11 Å². The first-order chi connectivity index (χ1) is 8.10. The molecule has 1 aromatic carbocycles. The lowest BCUT2D eigenvalue weighted by Gasteiger charge is -2.22. The van der Waals surface area contributed by atoms with E-state index < -0.39 is 6.10 Å². The van der Waals surface area contributed by atoms with E-state index in [2.05, 4.69) is 13.8 Å². The number of aliphatic hydroxyl groups is 1. The molecule has 0 saturated heterocycles. The van der Waals surface area contributed by atoms with Crippen LogP contribution in [-0.2, 0) is 0 Å². The van der Waals surface area contributed by atoms with Crippen LogP contribution in [0.4, 0.5) is 0 Å². The van der Waals surface area contributed by atoms with Crippen LogP contribution in [0.3, 0.4) is 0 Å². The van der Waals surface area contributed by atoms with Crippen LogP contribution in [0.2, 0.25) is 10.0 Å². The summed E-state index contributed by atoms with van der Waals surface area (Å²) in [6, 6.07) is 5.37. The minimum absolute atomic E-state index is 0.298. The third kappa shape index (κ3) is 4.17. The highest BCUT2D eigenvalue weighted by Gasteiger charge is 2.19. The van der Waals surface area contributed by atoms with Crippen molar-refractivity contribution >= 4 is 23.2 Å². The fourth-order valence-electron chi connectivity index (χ4n) is 2.02. The summed E-state index contributed by atoms with van der Waals surface area (Å²) in [5.74, 6) is 0.298. The van der Waals surface area contributed by atoms with Gasteiger partial charge in [0.2, 0.25) is 0 Å².